The Kier molecular flexibility index (Phi) is 2.79. The zero-order chi connectivity index (χ0) is 13.8. The molecule has 0 amide bonds. The van der Waals surface area contributed by atoms with Gasteiger partial charge in [-0.25, -0.2) is 4.98 Å². The summed E-state index contributed by atoms with van der Waals surface area (Å²) in [6.45, 7) is 6.35. The molecule has 4 fully saturated rings. The summed E-state index contributed by atoms with van der Waals surface area (Å²) < 4.78 is 6.14. The Bertz CT molecular complexity index is 493. The van der Waals surface area contributed by atoms with Crippen LogP contribution in [0.2, 0.25) is 0 Å². The van der Waals surface area contributed by atoms with Crippen molar-refractivity contribution in [1.82, 2.24) is 10.3 Å². The van der Waals surface area contributed by atoms with E-state index in [-0.39, 0.29) is 0 Å². The molecule has 4 bridgehead atoms. The summed E-state index contributed by atoms with van der Waals surface area (Å²) in [5.74, 6) is 3.92. The van der Waals surface area contributed by atoms with E-state index in [0.29, 0.717) is 10.8 Å². The van der Waals surface area contributed by atoms with Gasteiger partial charge in [0.15, 0.2) is 0 Å². The van der Waals surface area contributed by atoms with Gasteiger partial charge in [0.05, 0.1) is 12.7 Å². The van der Waals surface area contributed by atoms with Crippen molar-refractivity contribution >= 4 is 0 Å². The molecule has 20 heavy (non-hydrogen) atoms. The Morgan fingerprint density at radius 3 is 2.70 bits per heavy atom. The van der Waals surface area contributed by atoms with Crippen LogP contribution in [-0.4, -0.2) is 11.5 Å². The minimum Gasteiger partial charge on any atom is -0.444 e. The van der Waals surface area contributed by atoms with Crippen molar-refractivity contribution in [2.24, 2.45) is 17.3 Å². The van der Waals surface area contributed by atoms with Gasteiger partial charge < -0.3 is 9.73 Å². The minimum atomic E-state index is 0.316. The number of rotatable bonds is 4. The van der Waals surface area contributed by atoms with E-state index in [0.717, 1.165) is 30.8 Å². The van der Waals surface area contributed by atoms with Crippen molar-refractivity contribution in [3.8, 4) is 0 Å². The van der Waals surface area contributed by atoms with Crippen molar-refractivity contribution in [1.29, 1.82) is 0 Å². The predicted octanol–water partition coefficient (Wildman–Crippen LogP) is 3.64. The molecule has 3 heteroatoms. The van der Waals surface area contributed by atoms with Crippen LogP contribution in [0.5, 0.6) is 0 Å². The zero-order valence-electron chi connectivity index (χ0n) is 12.7. The lowest BCUT2D eigenvalue weighted by atomic mass is 9.44. The number of oxazole rings is 1. The van der Waals surface area contributed by atoms with Crippen molar-refractivity contribution in [2.75, 3.05) is 6.54 Å². The van der Waals surface area contributed by atoms with Gasteiger partial charge in [-0.1, -0.05) is 13.8 Å². The van der Waals surface area contributed by atoms with Crippen LogP contribution in [-0.2, 0) is 12.0 Å². The molecule has 1 heterocycles. The molecule has 4 aliphatic rings. The molecule has 2 atom stereocenters. The second-order valence-electron chi connectivity index (χ2n) is 7.95. The Labute approximate surface area is 121 Å². The number of hydrogen-bond donors (Lipinski definition) is 1. The summed E-state index contributed by atoms with van der Waals surface area (Å²) in [6.07, 6.45) is 10.4. The second-order valence-corrected chi connectivity index (χ2v) is 7.95. The van der Waals surface area contributed by atoms with E-state index in [4.69, 9.17) is 4.42 Å². The molecule has 1 aromatic heterocycles. The quantitative estimate of drug-likeness (QED) is 0.911. The highest BCUT2D eigenvalue weighted by molar-refractivity contribution is 5.21. The second kappa shape index (κ2) is 4.33. The van der Waals surface area contributed by atoms with Crippen LogP contribution < -0.4 is 5.32 Å². The molecule has 0 aromatic carbocycles. The first-order chi connectivity index (χ1) is 9.61. The largest absolute Gasteiger partial charge is 0.444 e. The van der Waals surface area contributed by atoms with Crippen molar-refractivity contribution in [3.63, 3.8) is 0 Å². The molecule has 0 saturated heterocycles. The van der Waals surface area contributed by atoms with E-state index in [1.54, 1.807) is 0 Å². The van der Waals surface area contributed by atoms with Crippen molar-refractivity contribution in [3.05, 3.63) is 17.8 Å². The third-order valence-electron chi connectivity index (χ3n) is 5.96. The maximum atomic E-state index is 6.14. The molecule has 4 saturated carbocycles. The smallest absolute Gasteiger partial charge is 0.208 e. The van der Waals surface area contributed by atoms with E-state index in [1.807, 2.05) is 6.20 Å². The van der Waals surface area contributed by atoms with Gasteiger partial charge >= 0.3 is 0 Å². The molecule has 0 spiro atoms. The maximum absolute atomic E-state index is 6.14. The lowest BCUT2D eigenvalue weighted by molar-refractivity contribution is -0.0692. The number of hydrogen-bond acceptors (Lipinski definition) is 3. The summed E-state index contributed by atoms with van der Waals surface area (Å²) >= 11 is 0. The summed E-state index contributed by atoms with van der Waals surface area (Å²) in [6, 6.07) is 0. The molecule has 2 unspecified atom stereocenters. The highest BCUT2D eigenvalue weighted by Crippen LogP contribution is 2.65. The first-order valence-electron chi connectivity index (χ1n) is 8.27. The van der Waals surface area contributed by atoms with Gasteiger partial charge in [-0.3, -0.25) is 0 Å². The molecule has 1 aromatic rings. The third kappa shape index (κ3) is 1.93. The van der Waals surface area contributed by atoms with E-state index in [9.17, 15) is 0 Å². The monoisotopic (exact) mass is 274 g/mol. The average molecular weight is 274 g/mol. The molecular weight excluding hydrogens is 248 g/mol. The van der Waals surface area contributed by atoms with Gasteiger partial charge in [0.25, 0.3) is 0 Å². The van der Waals surface area contributed by atoms with Gasteiger partial charge in [-0.05, 0) is 62.3 Å². The van der Waals surface area contributed by atoms with Crippen LogP contribution in [0.25, 0.3) is 0 Å². The van der Waals surface area contributed by atoms with Crippen LogP contribution in [0.3, 0.4) is 0 Å². The molecule has 0 radical (unpaired) electrons. The first-order valence-corrected chi connectivity index (χ1v) is 8.27. The highest BCUT2D eigenvalue weighted by atomic mass is 16.4. The van der Waals surface area contributed by atoms with E-state index in [2.05, 4.69) is 24.1 Å². The van der Waals surface area contributed by atoms with Crippen LogP contribution in [0.1, 0.15) is 64.0 Å². The summed E-state index contributed by atoms with van der Waals surface area (Å²) in [5, 5.41) is 3.30. The van der Waals surface area contributed by atoms with E-state index < -0.39 is 0 Å². The zero-order valence-corrected chi connectivity index (χ0v) is 12.7. The van der Waals surface area contributed by atoms with Crippen molar-refractivity contribution in [2.45, 2.75) is 64.3 Å². The fraction of sp³-hybridized carbons (Fsp3) is 0.824. The van der Waals surface area contributed by atoms with Crippen LogP contribution >= 0.6 is 0 Å². The molecule has 1 N–H and O–H groups in total. The predicted molar refractivity (Wildman–Crippen MR) is 78.4 cm³/mol. The highest BCUT2D eigenvalue weighted by Gasteiger charge is 2.57. The van der Waals surface area contributed by atoms with Crippen LogP contribution in [0.15, 0.2) is 10.6 Å². The standard InChI is InChI=1S/C17H26N2O/c1-3-18-10-15-19-9-14(20-15)17-7-12-4-13(8-17)6-16(2,5-12)11-17/h9,12-13,18H,3-8,10-11H2,1-2H3. The molecule has 0 aliphatic heterocycles. The van der Waals surface area contributed by atoms with Gasteiger partial charge in [0.1, 0.15) is 5.76 Å². The molecule has 4 aliphatic carbocycles. The maximum Gasteiger partial charge on any atom is 0.208 e. The minimum absolute atomic E-state index is 0.316. The van der Waals surface area contributed by atoms with Crippen LogP contribution in [0.4, 0.5) is 0 Å². The first kappa shape index (κ1) is 12.9. The third-order valence-corrected chi connectivity index (χ3v) is 5.96. The van der Waals surface area contributed by atoms with Crippen LogP contribution in [0, 0.1) is 17.3 Å². The number of nitrogens with one attached hydrogen (secondary N) is 1. The molecule has 110 valence electrons. The molecule has 3 nitrogen and oxygen atoms in total. The Balaban J connectivity index is 1.62. The topological polar surface area (TPSA) is 38.1 Å². The lowest BCUT2D eigenvalue weighted by Gasteiger charge is -2.60. The number of nitrogens with zero attached hydrogens (tertiary/aromatic N) is 1. The SMILES string of the molecule is CCNCc1ncc(C23CC4CC(CC(C)(C4)C2)C3)o1. The van der Waals surface area contributed by atoms with Gasteiger partial charge in [0, 0.05) is 5.41 Å². The molecular formula is C17H26N2O. The lowest BCUT2D eigenvalue weighted by Crippen LogP contribution is -2.52. The van der Waals surface area contributed by atoms with Crippen molar-refractivity contribution < 1.29 is 4.42 Å². The summed E-state index contributed by atoms with van der Waals surface area (Å²) in [5.41, 5.74) is 0.884. The fourth-order valence-corrected chi connectivity index (χ4v) is 5.88. The Hall–Kier alpha value is -0.830. The average Bonchev–Trinajstić information content (AvgIpc) is 2.82. The summed E-state index contributed by atoms with van der Waals surface area (Å²) in [7, 11) is 0. The van der Waals surface area contributed by atoms with E-state index >= 15 is 0 Å². The van der Waals surface area contributed by atoms with Gasteiger partial charge in [-0.2, -0.15) is 0 Å². The van der Waals surface area contributed by atoms with Gasteiger partial charge in [0.2, 0.25) is 5.89 Å². The molecule has 5 rings (SSSR count). The Morgan fingerprint density at radius 1 is 1.30 bits per heavy atom. The Morgan fingerprint density at radius 2 is 2.05 bits per heavy atom. The fourth-order valence-electron chi connectivity index (χ4n) is 5.88. The normalized spacial score (nSPS) is 42.3. The van der Waals surface area contributed by atoms with E-state index in [1.165, 1.54) is 44.3 Å². The number of aromatic nitrogens is 1. The van der Waals surface area contributed by atoms with Gasteiger partial charge in [-0.15, -0.1) is 0 Å². The summed E-state index contributed by atoms with van der Waals surface area (Å²) in [4.78, 5) is 4.50.